The molecule has 4 heteroatoms. The highest BCUT2D eigenvalue weighted by molar-refractivity contribution is 5.75. The van der Waals surface area contributed by atoms with Gasteiger partial charge in [-0.05, 0) is 31.0 Å². The maximum atomic E-state index is 11.8. The van der Waals surface area contributed by atoms with Crippen LogP contribution in [0.5, 0.6) is 0 Å². The smallest absolute Gasteiger partial charge is 0.325 e. The van der Waals surface area contributed by atoms with E-state index >= 15 is 0 Å². The van der Waals surface area contributed by atoms with E-state index in [4.69, 9.17) is 0 Å². The van der Waals surface area contributed by atoms with Crippen LogP contribution in [-0.2, 0) is 11.2 Å². The summed E-state index contributed by atoms with van der Waals surface area (Å²) in [6.07, 6.45) is 0.976. The molecule has 4 nitrogen and oxygen atoms in total. The van der Waals surface area contributed by atoms with Crippen LogP contribution in [0.15, 0.2) is 24.3 Å². The number of benzene rings is 1. The standard InChI is InChI=1S/C17H26N2O2/c1-4-14-6-8-15(9-7-14)16(17(20)21)19-11-10-18(5-2)12-13(19)3/h6-9,13,16H,4-5,10-12H2,1-3H3,(H,20,21). The molecule has 1 aliphatic rings. The van der Waals surface area contributed by atoms with Crippen molar-refractivity contribution in [2.45, 2.75) is 39.3 Å². The minimum atomic E-state index is -0.754. The van der Waals surface area contributed by atoms with Gasteiger partial charge in [-0.1, -0.05) is 38.1 Å². The summed E-state index contributed by atoms with van der Waals surface area (Å²) in [5.74, 6) is -0.754. The van der Waals surface area contributed by atoms with Crippen molar-refractivity contribution in [1.82, 2.24) is 9.80 Å². The summed E-state index contributed by atoms with van der Waals surface area (Å²) >= 11 is 0. The lowest BCUT2D eigenvalue weighted by Crippen LogP contribution is -2.54. The molecule has 0 spiro atoms. The van der Waals surface area contributed by atoms with E-state index in [1.807, 2.05) is 24.3 Å². The van der Waals surface area contributed by atoms with Gasteiger partial charge < -0.3 is 10.0 Å². The van der Waals surface area contributed by atoms with Crippen LogP contribution in [0.2, 0.25) is 0 Å². The molecule has 1 aromatic carbocycles. The van der Waals surface area contributed by atoms with Crippen molar-refractivity contribution in [2.24, 2.45) is 0 Å². The van der Waals surface area contributed by atoms with E-state index in [-0.39, 0.29) is 6.04 Å². The first-order valence-corrected chi connectivity index (χ1v) is 7.86. The van der Waals surface area contributed by atoms with E-state index in [1.54, 1.807) is 0 Å². The Kier molecular flexibility index (Phi) is 5.37. The summed E-state index contributed by atoms with van der Waals surface area (Å²) in [4.78, 5) is 16.3. The lowest BCUT2D eigenvalue weighted by molar-refractivity contribution is -0.145. The van der Waals surface area contributed by atoms with Crippen molar-refractivity contribution < 1.29 is 9.90 Å². The highest BCUT2D eigenvalue weighted by atomic mass is 16.4. The van der Waals surface area contributed by atoms with Crippen LogP contribution in [0, 0.1) is 0 Å². The third kappa shape index (κ3) is 3.63. The van der Waals surface area contributed by atoms with Crippen molar-refractivity contribution >= 4 is 5.97 Å². The Hall–Kier alpha value is -1.39. The van der Waals surface area contributed by atoms with Gasteiger partial charge in [0.05, 0.1) is 0 Å². The monoisotopic (exact) mass is 290 g/mol. The Morgan fingerprint density at radius 1 is 1.29 bits per heavy atom. The second-order valence-corrected chi connectivity index (χ2v) is 5.82. The normalized spacial score (nSPS) is 22.1. The summed E-state index contributed by atoms with van der Waals surface area (Å²) in [7, 11) is 0. The zero-order valence-electron chi connectivity index (χ0n) is 13.2. The number of nitrogens with zero attached hydrogens (tertiary/aromatic N) is 2. The van der Waals surface area contributed by atoms with E-state index in [2.05, 4.69) is 30.6 Å². The van der Waals surface area contributed by atoms with Crippen molar-refractivity contribution in [2.75, 3.05) is 26.2 Å². The van der Waals surface area contributed by atoms with Crippen molar-refractivity contribution in [3.05, 3.63) is 35.4 Å². The van der Waals surface area contributed by atoms with E-state index in [1.165, 1.54) is 5.56 Å². The quantitative estimate of drug-likeness (QED) is 0.904. The molecule has 1 N–H and O–H groups in total. The summed E-state index contributed by atoms with van der Waals surface area (Å²) in [5, 5.41) is 9.69. The average Bonchev–Trinajstić information content (AvgIpc) is 2.49. The minimum absolute atomic E-state index is 0.255. The second-order valence-electron chi connectivity index (χ2n) is 5.82. The molecule has 0 bridgehead atoms. The number of carboxylic acid groups (broad SMARTS) is 1. The third-order valence-corrected chi connectivity index (χ3v) is 4.48. The number of likely N-dealkylation sites (N-methyl/N-ethyl adjacent to an activating group) is 1. The molecule has 0 aromatic heterocycles. The van der Waals surface area contributed by atoms with Gasteiger partial charge in [0, 0.05) is 25.7 Å². The molecule has 1 saturated heterocycles. The molecule has 1 heterocycles. The molecule has 0 aliphatic carbocycles. The number of hydrogen-bond donors (Lipinski definition) is 1. The Morgan fingerprint density at radius 3 is 2.43 bits per heavy atom. The first kappa shape index (κ1) is 16.0. The topological polar surface area (TPSA) is 43.8 Å². The van der Waals surface area contributed by atoms with Crippen LogP contribution in [0.3, 0.4) is 0 Å². The predicted molar refractivity (Wildman–Crippen MR) is 84.5 cm³/mol. The Morgan fingerprint density at radius 2 is 1.95 bits per heavy atom. The second kappa shape index (κ2) is 7.05. The molecule has 1 aliphatic heterocycles. The molecule has 2 unspecified atom stereocenters. The lowest BCUT2D eigenvalue weighted by atomic mass is 10.00. The molecule has 0 radical (unpaired) electrons. The van der Waals surface area contributed by atoms with E-state index < -0.39 is 12.0 Å². The Labute approximate surface area is 127 Å². The molecule has 21 heavy (non-hydrogen) atoms. The van der Waals surface area contributed by atoms with Gasteiger partial charge in [0.15, 0.2) is 0 Å². The fourth-order valence-corrected chi connectivity index (χ4v) is 3.13. The van der Waals surface area contributed by atoms with Crippen molar-refractivity contribution in [1.29, 1.82) is 0 Å². The van der Waals surface area contributed by atoms with E-state index in [0.29, 0.717) is 0 Å². The van der Waals surface area contributed by atoms with Crippen LogP contribution in [0.25, 0.3) is 0 Å². The van der Waals surface area contributed by atoms with Gasteiger partial charge in [-0.2, -0.15) is 0 Å². The zero-order chi connectivity index (χ0) is 15.4. The lowest BCUT2D eigenvalue weighted by Gasteiger charge is -2.42. The first-order chi connectivity index (χ1) is 10.1. The van der Waals surface area contributed by atoms with Gasteiger partial charge in [-0.25, -0.2) is 0 Å². The number of aliphatic carboxylic acids is 1. The third-order valence-electron chi connectivity index (χ3n) is 4.48. The number of carbonyl (C=O) groups is 1. The molecule has 116 valence electrons. The average molecular weight is 290 g/mol. The number of carboxylic acids is 1. The minimum Gasteiger partial charge on any atom is -0.480 e. The maximum absolute atomic E-state index is 11.8. The number of aryl methyl sites for hydroxylation is 1. The highest BCUT2D eigenvalue weighted by Crippen LogP contribution is 2.26. The van der Waals surface area contributed by atoms with Gasteiger partial charge in [0.1, 0.15) is 6.04 Å². The molecule has 0 amide bonds. The van der Waals surface area contributed by atoms with Crippen molar-refractivity contribution in [3.8, 4) is 0 Å². The zero-order valence-corrected chi connectivity index (χ0v) is 13.2. The number of rotatable bonds is 5. The van der Waals surface area contributed by atoms with Crippen LogP contribution in [0.1, 0.15) is 37.9 Å². The van der Waals surface area contributed by atoms with Gasteiger partial charge in [0.2, 0.25) is 0 Å². The van der Waals surface area contributed by atoms with Crippen LogP contribution >= 0.6 is 0 Å². The number of hydrogen-bond acceptors (Lipinski definition) is 3. The summed E-state index contributed by atoms with van der Waals surface area (Å²) in [6, 6.07) is 7.74. The molecule has 1 fully saturated rings. The molecular weight excluding hydrogens is 264 g/mol. The van der Waals surface area contributed by atoms with Crippen molar-refractivity contribution in [3.63, 3.8) is 0 Å². The predicted octanol–water partition coefficient (Wildman–Crippen LogP) is 2.40. The van der Waals surface area contributed by atoms with Crippen LogP contribution in [0.4, 0.5) is 0 Å². The van der Waals surface area contributed by atoms with Gasteiger partial charge >= 0.3 is 5.97 Å². The highest BCUT2D eigenvalue weighted by Gasteiger charge is 2.34. The van der Waals surface area contributed by atoms with Gasteiger partial charge in [-0.15, -0.1) is 0 Å². The van der Waals surface area contributed by atoms with E-state index in [9.17, 15) is 9.90 Å². The fraction of sp³-hybridized carbons (Fsp3) is 0.588. The SMILES string of the molecule is CCc1ccc(C(C(=O)O)N2CCN(CC)CC2C)cc1. The maximum Gasteiger partial charge on any atom is 0.325 e. The largest absolute Gasteiger partial charge is 0.480 e. The van der Waals surface area contributed by atoms with Crippen LogP contribution in [-0.4, -0.2) is 53.1 Å². The molecule has 2 rings (SSSR count). The summed E-state index contributed by atoms with van der Waals surface area (Å²) in [6.45, 7) is 10.1. The summed E-state index contributed by atoms with van der Waals surface area (Å²) in [5.41, 5.74) is 2.13. The molecular formula is C17H26N2O2. The molecule has 1 aromatic rings. The Bertz CT molecular complexity index is 472. The molecule has 0 saturated carbocycles. The Balaban J connectivity index is 2.20. The fourth-order valence-electron chi connectivity index (χ4n) is 3.13. The first-order valence-electron chi connectivity index (χ1n) is 7.86. The molecule has 2 atom stereocenters. The number of piperazine rings is 1. The van der Waals surface area contributed by atoms with Crippen LogP contribution < -0.4 is 0 Å². The van der Waals surface area contributed by atoms with Gasteiger partial charge in [-0.3, -0.25) is 9.69 Å². The summed E-state index contributed by atoms with van der Waals surface area (Å²) < 4.78 is 0. The van der Waals surface area contributed by atoms with Gasteiger partial charge in [0.25, 0.3) is 0 Å². The van der Waals surface area contributed by atoms with E-state index in [0.717, 1.165) is 38.2 Å².